The fraction of sp³-hybridized carbons (Fsp3) is 0.500. The van der Waals surface area contributed by atoms with E-state index in [0.29, 0.717) is 52.2 Å². The maximum atomic E-state index is 13.1. The Morgan fingerprint density at radius 1 is 1.12 bits per heavy atom. The summed E-state index contributed by atoms with van der Waals surface area (Å²) in [5, 5.41) is 2.98. The number of carbonyl (C=O) groups is 2. The number of amides is 2. The number of aromatic nitrogens is 1. The number of hydrogen-bond donors (Lipinski definition) is 2. The monoisotopic (exact) mass is 488 g/mol. The summed E-state index contributed by atoms with van der Waals surface area (Å²) in [6.07, 6.45) is 3.40. The normalized spacial score (nSPS) is 19.0. The van der Waals surface area contributed by atoms with Gasteiger partial charge in [0.05, 0.1) is 19.1 Å². The van der Waals surface area contributed by atoms with Gasteiger partial charge in [-0.3, -0.25) is 9.59 Å². The number of nitrogens with one attached hydrogen (secondary N) is 2. The molecule has 4 rings (SSSR count). The maximum Gasteiger partial charge on any atom is 0.267 e. The van der Waals surface area contributed by atoms with E-state index < -0.39 is 10.0 Å². The van der Waals surface area contributed by atoms with Crippen LogP contribution in [0.4, 0.5) is 0 Å². The molecule has 0 bridgehead atoms. The SMILES string of the molecule is CCC(C(=O)N1CCC(NC(=O)c2cc(S(=O)(=O)N3CCOCC3)c[nH]2)CC1)c1ccccc1. The van der Waals surface area contributed by atoms with Gasteiger partial charge in [0.25, 0.3) is 5.91 Å². The van der Waals surface area contributed by atoms with E-state index in [0.717, 1.165) is 12.0 Å². The number of carbonyl (C=O) groups excluding carboxylic acids is 2. The number of hydrogen-bond acceptors (Lipinski definition) is 5. The number of aromatic amines is 1. The van der Waals surface area contributed by atoms with Crippen LogP contribution in [0.1, 0.15) is 48.2 Å². The first-order valence-corrected chi connectivity index (χ1v) is 13.2. The molecule has 0 spiro atoms. The van der Waals surface area contributed by atoms with Gasteiger partial charge in [-0.05, 0) is 30.9 Å². The molecular weight excluding hydrogens is 456 g/mol. The van der Waals surface area contributed by atoms with Crippen molar-refractivity contribution in [2.24, 2.45) is 0 Å². The Kier molecular flexibility index (Phi) is 7.70. The highest BCUT2D eigenvalue weighted by atomic mass is 32.2. The van der Waals surface area contributed by atoms with Crippen LogP contribution < -0.4 is 5.32 Å². The summed E-state index contributed by atoms with van der Waals surface area (Å²) in [5.41, 5.74) is 1.24. The number of likely N-dealkylation sites (tertiary alicyclic amines) is 1. The topological polar surface area (TPSA) is 112 Å². The minimum absolute atomic E-state index is 0.0732. The predicted octanol–water partition coefficient (Wildman–Crippen LogP) is 1.95. The van der Waals surface area contributed by atoms with E-state index in [1.165, 1.54) is 16.6 Å². The first kappa shape index (κ1) is 24.4. The minimum atomic E-state index is -3.66. The predicted molar refractivity (Wildman–Crippen MR) is 127 cm³/mol. The highest BCUT2D eigenvalue weighted by molar-refractivity contribution is 7.89. The zero-order chi connectivity index (χ0) is 24.1. The number of benzene rings is 1. The van der Waals surface area contributed by atoms with Crippen molar-refractivity contribution >= 4 is 21.8 Å². The lowest BCUT2D eigenvalue weighted by atomic mass is 9.93. The lowest BCUT2D eigenvalue weighted by Gasteiger charge is -2.34. The molecule has 0 radical (unpaired) electrons. The average Bonchev–Trinajstić information content (AvgIpc) is 3.38. The largest absolute Gasteiger partial charge is 0.379 e. The van der Waals surface area contributed by atoms with Crippen molar-refractivity contribution in [1.29, 1.82) is 0 Å². The zero-order valence-electron chi connectivity index (χ0n) is 19.4. The second-order valence-electron chi connectivity index (χ2n) is 8.71. The van der Waals surface area contributed by atoms with Gasteiger partial charge in [0.15, 0.2) is 0 Å². The number of piperidine rings is 1. The summed E-state index contributed by atoms with van der Waals surface area (Å²) in [7, 11) is -3.66. The molecular formula is C24H32N4O5S. The van der Waals surface area contributed by atoms with E-state index in [1.807, 2.05) is 42.2 Å². The van der Waals surface area contributed by atoms with Gasteiger partial charge < -0.3 is 19.9 Å². The zero-order valence-corrected chi connectivity index (χ0v) is 20.2. The summed E-state index contributed by atoms with van der Waals surface area (Å²) in [6.45, 7) is 4.51. The molecule has 3 heterocycles. The van der Waals surface area contributed by atoms with Crippen molar-refractivity contribution in [3.8, 4) is 0 Å². The summed E-state index contributed by atoms with van der Waals surface area (Å²) in [5.74, 6) is -0.372. The van der Waals surface area contributed by atoms with Crippen molar-refractivity contribution in [3.63, 3.8) is 0 Å². The molecule has 2 fully saturated rings. The number of sulfonamides is 1. The van der Waals surface area contributed by atoms with Gasteiger partial charge in [-0.2, -0.15) is 4.31 Å². The highest BCUT2D eigenvalue weighted by Crippen LogP contribution is 2.24. The Hall–Kier alpha value is -2.69. The van der Waals surface area contributed by atoms with Crippen molar-refractivity contribution in [2.45, 2.75) is 43.0 Å². The van der Waals surface area contributed by atoms with Gasteiger partial charge >= 0.3 is 0 Å². The minimum Gasteiger partial charge on any atom is -0.379 e. The third-order valence-corrected chi connectivity index (χ3v) is 8.44. The van der Waals surface area contributed by atoms with E-state index in [1.54, 1.807) is 0 Å². The summed E-state index contributed by atoms with van der Waals surface area (Å²) in [4.78, 5) is 30.6. The summed E-state index contributed by atoms with van der Waals surface area (Å²) >= 11 is 0. The van der Waals surface area contributed by atoms with Crippen LogP contribution in [0, 0.1) is 0 Å². The molecule has 2 aromatic rings. The first-order chi connectivity index (χ1) is 16.4. The molecule has 1 unspecified atom stereocenters. The molecule has 0 saturated carbocycles. The second-order valence-corrected chi connectivity index (χ2v) is 10.6. The lowest BCUT2D eigenvalue weighted by molar-refractivity contribution is -0.134. The van der Waals surface area contributed by atoms with Crippen LogP contribution in [-0.4, -0.2) is 79.9 Å². The van der Waals surface area contributed by atoms with Gasteiger partial charge in [-0.25, -0.2) is 8.42 Å². The Morgan fingerprint density at radius 3 is 2.44 bits per heavy atom. The van der Waals surface area contributed by atoms with Gasteiger partial charge in [0.1, 0.15) is 10.6 Å². The number of rotatable bonds is 7. The molecule has 2 aliphatic rings. The van der Waals surface area contributed by atoms with Gasteiger partial charge in [0.2, 0.25) is 15.9 Å². The quantitative estimate of drug-likeness (QED) is 0.619. The Balaban J connectivity index is 1.31. The van der Waals surface area contributed by atoms with E-state index in [-0.39, 0.29) is 34.4 Å². The second kappa shape index (κ2) is 10.7. The first-order valence-electron chi connectivity index (χ1n) is 11.8. The van der Waals surface area contributed by atoms with E-state index in [4.69, 9.17) is 4.74 Å². The van der Waals surface area contributed by atoms with E-state index >= 15 is 0 Å². The van der Waals surface area contributed by atoms with Gasteiger partial charge in [-0.15, -0.1) is 0 Å². The number of H-pyrrole nitrogens is 1. The summed E-state index contributed by atoms with van der Waals surface area (Å²) in [6, 6.07) is 11.1. The fourth-order valence-corrected chi connectivity index (χ4v) is 5.96. The Bertz CT molecular complexity index is 1090. The molecule has 184 valence electrons. The Labute approximate surface area is 200 Å². The smallest absolute Gasteiger partial charge is 0.267 e. The van der Waals surface area contributed by atoms with Crippen LogP contribution in [0.2, 0.25) is 0 Å². The molecule has 10 heteroatoms. The molecule has 2 amide bonds. The molecule has 0 aliphatic carbocycles. The van der Waals surface area contributed by atoms with E-state index in [9.17, 15) is 18.0 Å². The van der Waals surface area contributed by atoms with Crippen molar-refractivity contribution < 1.29 is 22.7 Å². The lowest BCUT2D eigenvalue weighted by Crippen LogP contribution is -2.47. The molecule has 9 nitrogen and oxygen atoms in total. The fourth-order valence-electron chi connectivity index (χ4n) is 4.56. The van der Waals surface area contributed by atoms with Gasteiger partial charge in [0, 0.05) is 38.4 Å². The third kappa shape index (κ3) is 5.34. The van der Waals surface area contributed by atoms with Crippen LogP contribution in [0.3, 0.4) is 0 Å². The molecule has 2 aliphatic heterocycles. The third-order valence-electron chi connectivity index (χ3n) is 6.56. The van der Waals surface area contributed by atoms with Crippen LogP contribution in [0.15, 0.2) is 47.5 Å². The van der Waals surface area contributed by atoms with E-state index in [2.05, 4.69) is 10.3 Å². The van der Waals surface area contributed by atoms with Crippen LogP contribution in [-0.2, 0) is 19.6 Å². The molecule has 1 atom stereocenters. The van der Waals surface area contributed by atoms with Crippen LogP contribution in [0.5, 0.6) is 0 Å². The van der Waals surface area contributed by atoms with Crippen molar-refractivity contribution in [3.05, 3.63) is 53.9 Å². The van der Waals surface area contributed by atoms with Crippen molar-refractivity contribution in [1.82, 2.24) is 19.5 Å². The maximum absolute atomic E-state index is 13.1. The summed E-state index contributed by atoms with van der Waals surface area (Å²) < 4.78 is 32.1. The molecule has 1 aromatic carbocycles. The van der Waals surface area contributed by atoms with Gasteiger partial charge in [-0.1, -0.05) is 37.3 Å². The van der Waals surface area contributed by atoms with Crippen LogP contribution in [0.25, 0.3) is 0 Å². The average molecular weight is 489 g/mol. The number of ether oxygens (including phenoxy) is 1. The molecule has 2 N–H and O–H groups in total. The molecule has 34 heavy (non-hydrogen) atoms. The number of morpholine rings is 1. The molecule has 1 aromatic heterocycles. The Morgan fingerprint density at radius 2 is 1.79 bits per heavy atom. The highest BCUT2D eigenvalue weighted by Gasteiger charge is 2.30. The molecule has 2 saturated heterocycles. The van der Waals surface area contributed by atoms with Crippen molar-refractivity contribution in [2.75, 3.05) is 39.4 Å². The number of nitrogens with zero attached hydrogens (tertiary/aromatic N) is 2. The standard InChI is InChI=1S/C24H32N4O5S/c1-2-21(18-6-4-3-5-7-18)24(30)27-10-8-19(9-11-27)26-23(29)22-16-20(17-25-22)34(31,32)28-12-14-33-15-13-28/h3-7,16-17,19,21,25H,2,8-15H2,1H3,(H,26,29). The van der Waals surface area contributed by atoms with Crippen LogP contribution >= 0.6 is 0 Å².